The van der Waals surface area contributed by atoms with Gasteiger partial charge in [0.25, 0.3) is 0 Å². The first-order valence-electron chi connectivity index (χ1n) is 14.0. The summed E-state index contributed by atoms with van der Waals surface area (Å²) in [6, 6.07) is 34.4. The number of ether oxygens (including phenoxy) is 2. The molecule has 0 saturated heterocycles. The lowest BCUT2D eigenvalue weighted by molar-refractivity contribution is -0.148. The first-order chi connectivity index (χ1) is 20.3. The van der Waals surface area contributed by atoms with E-state index < -0.39 is 31.1 Å². The van der Waals surface area contributed by atoms with Crippen LogP contribution in [-0.2, 0) is 31.9 Å². The molecule has 1 amide bonds. The number of fused-ring (bicyclic) bond motifs is 3. The van der Waals surface area contributed by atoms with Crippen LogP contribution in [0.2, 0.25) is 0 Å². The van der Waals surface area contributed by atoms with E-state index in [1.165, 1.54) is 0 Å². The lowest BCUT2D eigenvalue weighted by atomic mass is 9.98. The highest BCUT2D eigenvalue weighted by Gasteiger charge is 2.37. The van der Waals surface area contributed by atoms with Gasteiger partial charge in [0.05, 0.1) is 5.92 Å². The molecule has 0 saturated carbocycles. The summed E-state index contributed by atoms with van der Waals surface area (Å²) in [5.74, 6) is -2.73. The fourth-order valence-electron chi connectivity index (χ4n) is 5.37. The highest BCUT2D eigenvalue weighted by atomic mass is 31.2. The second kappa shape index (κ2) is 13.2. The number of amides is 1. The van der Waals surface area contributed by atoms with Crippen molar-refractivity contribution in [2.45, 2.75) is 31.7 Å². The number of benzene rings is 4. The number of carbonyl (C=O) groups is 2. The largest absolute Gasteiger partial charge is 0.461 e. The van der Waals surface area contributed by atoms with Gasteiger partial charge in [-0.15, -0.1) is 0 Å². The molecule has 0 bridgehead atoms. The van der Waals surface area contributed by atoms with E-state index in [-0.39, 0.29) is 31.7 Å². The van der Waals surface area contributed by atoms with Gasteiger partial charge in [-0.05, 0) is 33.4 Å². The molecule has 0 heterocycles. The first kappa shape index (κ1) is 29.3. The van der Waals surface area contributed by atoms with Crippen molar-refractivity contribution < 1.29 is 28.5 Å². The molecule has 3 atom stereocenters. The molecule has 2 N–H and O–H groups in total. The second-order valence-corrected chi connectivity index (χ2v) is 13.1. The Labute approximate surface area is 246 Å². The summed E-state index contributed by atoms with van der Waals surface area (Å²) in [6.45, 7) is 1.71. The SMILES string of the molecule is CC(CP(=O)(O)C(Cc1ccccc1)NC(=O)OCC1c2ccccc2-c2ccccc21)C(=O)OCc1ccccc1. The van der Waals surface area contributed by atoms with Gasteiger partial charge < -0.3 is 19.7 Å². The highest BCUT2D eigenvalue weighted by Crippen LogP contribution is 2.48. The van der Waals surface area contributed by atoms with Crippen LogP contribution in [0.3, 0.4) is 0 Å². The lowest BCUT2D eigenvalue weighted by Gasteiger charge is -2.26. The van der Waals surface area contributed by atoms with E-state index in [1.54, 1.807) is 6.92 Å². The van der Waals surface area contributed by atoms with Crippen LogP contribution in [0.15, 0.2) is 109 Å². The summed E-state index contributed by atoms with van der Waals surface area (Å²) in [6.07, 6.45) is -1.03. The number of esters is 1. The molecular weight excluding hydrogens is 549 g/mol. The van der Waals surface area contributed by atoms with E-state index in [1.807, 2.05) is 97.1 Å². The van der Waals surface area contributed by atoms with Gasteiger partial charge in [-0.25, -0.2) is 4.79 Å². The van der Waals surface area contributed by atoms with Crippen molar-refractivity contribution in [2.75, 3.05) is 12.8 Å². The fraction of sp³-hybridized carbons (Fsp3) is 0.235. The van der Waals surface area contributed by atoms with Gasteiger partial charge in [0.2, 0.25) is 7.37 Å². The number of rotatable bonds is 11. The molecular formula is C34H34NO6P. The van der Waals surface area contributed by atoms with Crippen LogP contribution in [0, 0.1) is 5.92 Å². The molecule has 4 aromatic rings. The van der Waals surface area contributed by atoms with E-state index in [0.717, 1.165) is 33.4 Å². The highest BCUT2D eigenvalue weighted by molar-refractivity contribution is 7.58. The third kappa shape index (κ3) is 6.99. The molecule has 0 fully saturated rings. The molecule has 1 aliphatic rings. The second-order valence-electron chi connectivity index (χ2n) is 10.6. The lowest BCUT2D eigenvalue weighted by Crippen LogP contribution is -2.38. The quantitative estimate of drug-likeness (QED) is 0.150. The average Bonchev–Trinajstić information content (AvgIpc) is 3.33. The number of alkyl carbamates (subject to hydrolysis) is 1. The maximum atomic E-state index is 13.7. The van der Waals surface area contributed by atoms with E-state index in [9.17, 15) is 19.0 Å². The zero-order chi connectivity index (χ0) is 29.5. The Morgan fingerprint density at radius 2 is 1.31 bits per heavy atom. The molecule has 5 rings (SSSR count). The molecule has 0 spiro atoms. The van der Waals surface area contributed by atoms with Crippen molar-refractivity contribution in [2.24, 2.45) is 5.92 Å². The number of carbonyl (C=O) groups excluding carboxylic acids is 2. The smallest absolute Gasteiger partial charge is 0.407 e. The van der Waals surface area contributed by atoms with Crippen LogP contribution in [0.5, 0.6) is 0 Å². The summed E-state index contributed by atoms with van der Waals surface area (Å²) >= 11 is 0. The van der Waals surface area contributed by atoms with E-state index in [4.69, 9.17) is 9.47 Å². The number of hydrogen-bond acceptors (Lipinski definition) is 5. The molecule has 4 aromatic carbocycles. The Kier molecular flexibility index (Phi) is 9.21. The molecule has 42 heavy (non-hydrogen) atoms. The van der Waals surface area contributed by atoms with Gasteiger partial charge in [-0.1, -0.05) is 116 Å². The maximum absolute atomic E-state index is 13.7. The Morgan fingerprint density at radius 3 is 1.90 bits per heavy atom. The van der Waals surface area contributed by atoms with Gasteiger partial charge in [-0.3, -0.25) is 9.36 Å². The van der Waals surface area contributed by atoms with Crippen LogP contribution in [0.1, 0.15) is 35.1 Å². The normalized spacial score (nSPS) is 15.0. The summed E-state index contributed by atoms with van der Waals surface area (Å²) in [7, 11) is -4.10. The van der Waals surface area contributed by atoms with Crippen LogP contribution in [0.25, 0.3) is 11.1 Å². The maximum Gasteiger partial charge on any atom is 0.407 e. The summed E-state index contributed by atoms with van der Waals surface area (Å²) in [4.78, 5) is 37.0. The minimum absolute atomic E-state index is 0.0746. The predicted molar refractivity (Wildman–Crippen MR) is 162 cm³/mol. The third-order valence-corrected chi connectivity index (χ3v) is 9.91. The zero-order valence-electron chi connectivity index (χ0n) is 23.4. The van der Waals surface area contributed by atoms with E-state index in [2.05, 4.69) is 17.4 Å². The molecule has 0 radical (unpaired) electrons. The first-order valence-corrected chi connectivity index (χ1v) is 15.9. The monoisotopic (exact) mass is 583 g/mol. The average molecular weight is 584 g/mol. The van der Waals surface area contributed by atoms with Gasteiger partial charge in [0.1, 0.15) is 19.0 Å². The Morgan fingerprint density at radius 1 is 0.786 bits per heavy atom. The van der Waals surface area contributed by atoms with Crippen molar-refractivity contribution in [3.8, 4) is 11.1 Å². The van der Waals surface area contributed by atoms with E-state index in [0.29, 0.717) is 0 Å². The minimum Gasteiger partial charge on any atom is -0.461 e. The van der Waals surface area contributed by atoms with Crippen LogP contribution >= 0.6 is 7.37 Å². The van der Waals surface area contributed by atoms with Gasteiger partial charge >= 0.3 is 12.1 Å². The van der Waals surface area contributed by atoms with Gasteiger partial charge in [0, 0.05) is 18.5 Å². The van der Waals surface area contributed by atoms with Gasteiger partial charge in [-0.2, -0.15) is 0 Å². The standard InChI is InChI=1S/C34H34NO6P/c1-24(33(36)40-21-26-14-6-3-7-15-26)23-42(38,39)32(20-25-12-4-2-5-13-25)35-34(37)41-22-31-29-18-10-8-16-27(29)28-17-9-11-19-30(28)31/h2-19,24,31-32H,20-23H2,1H3,(H,35,37)(H,38,39). The zero-order valence-corrected chi connectivity index (χ0v) is 24.3. The predicted octanol–water partition coefficient (Wildman–Crippen LogP) is 6.74. The molecule has 216 valence electrons. The van der Waals surface area contributed by atoms with E-state index >= 15 is 0 Å². The molecule has 1 aliphatic carbocycles. The molecule has 7 nitrogen and oxygen atoms in total. The molecule has 8 heteroatoms. The van der Waals surface area contributed by atoms with Crippen LogP contribution in [0.4, 0.5) is 4.79 Å². The van der Waals surface area contributed by atoms with Crippen molar-refractivity contribution in [3.63, 3.8) is 0 Å². The Hall–Kier alpha value is -4.19. The topological polar surface area (TPSA) is 102 Å². The summed E-state index contributed by atoms with van der Waals surface area (Å²) in [5, 5.41) is 2.65. The Balaban J connectivity index is 1.26. The van der Waals surface area contributed by atoms with Crippen molar-refractivity contribution >= 4 is 19.4 Å². The number of nitrogens with one attached hydrogen (secondary N) is 1. The van der Waals surface area contributed by atoms with Crippen LogP contribution in [-0.4, -0.2) is 35.5 Å². The number of hydrogen-bond donors (Lipinski definition) is 2. The fourth-order valence-corrected chi connectivity index (χ4v) is 7.36. The third-order valence-electron chi connectivity index (χ3n) is 7.55. The molecule has 0 aromatic heterocycles. The molecule has 3 unspecified atom stereocenters. The van der Waals surface area contributed by atoms with Gasteiger partial charge in [0.15, 0.2) is 0 Å². The van der Waals surface area contributed by atoms with Crippen molar-refractivity contribution in [1.82, 2.24) is 5.32 Å². The van der Waals surface area contributed by atoms with Crippen molar-refractivity contribution in [3.05, 3.63) is 131 Å². The van der Waals surface area contributed by atoms with Crippen molar-refractivity contribution in [1.29, 1.82) is 0 Å². The van der Waals surface area contributed by atoms with Crippen LogP contribution < -0.4 is 5.32 Å². The summed E-state index contributed by atoms with van der Waals surface area (Å²) in [5.41, 5.74) is 5.96. The Bertz CT molecular complexity index is 1530. The summed E-state index contributed by atoms with van der Waals surface area (Å²) < 4.78 is 24.8. The minimum atomic E-state index is -4.10. The molecule has 0 aliphatic heterocycles.